The van der Waals surface area contributed by atoms with Crippen molar-refractivity contribution < 1.29 is 9.53 Å². The van der Waals surface area contributed by atoms with Crippen LogP contribution in [0.2, 0.25) is 0 Å². The zero-order valence-corrected chi connectivity index (χ0v) is 15.1. The van der Waals surface area contributed by atoms with Crippen LogP contribution in [0.3, 0.4) is 0 Å². The molecule has 22 heavy (non-hydrogen) atoms. The maximum atomic E-state index is 11.0. The van der Waals surface area contributed by atoms with E-state index in [0.29, 0.717) is 6.42 Å². The molecule has 2 atom stereocenters. The zero-order valence-electron chi connectivity index (χ0n) is 15.1. The largest absolute Gasteiger partial charge is 0.469 e. The van der Waals surface area contributed by atoms with E-state index in [-0.39, 0.29) is 5.97 Å². The van der Waals surface area contributed by atoms with Gasteiger partial charge < -0.3 is 4.74 Å². The Hall–Kier alpha value is -0.530. The highest BCUT2D eigenvalue weighted by atomic mass is 16.5. The van der Waals surface area contributed by atoms with Crippen molar-refractivity contribution in [2.45, 2.75) is 103 Å². The van der Waals surface area contributed by atoms with E-state index in [0.717, 1.165) is 18.3 Å². The summed E-state index contributed by atoms with van der Waals surface area (Å²) in [7, 11) is 1.47. The number of rotatable bonds is 15. The van der Waals surface area contributed by atoms with E-state index in [4.69, 9.17) is 0 Å². The van der Waals surface area contributed by atoms with E-state index in [2.05, 4.69) is 11.7 Å². The summed E-state index contributed by atoms with van der Waals surface area (Å²) < 4.78 is 4.65. The monoisotopic (exact) mass is 310 g/mol. The van der Waals surface area contributed by atoms with Crippen molar-refractivity contribution in [1.29, 1.82) is 0 Å². The van der Waals surface area contributed by atoms with Gasteiger partial charge in [0.1, 0.15) is 0 Å². The number of methoxy groups -OCH3 is 1. The molecule has 1 fully saturated rings. The maximum absolute atomic E-state index is 11.0. The van der Waals surface area contributed by atoms with Crippen molar-refractivity contribution in [2.24, 2.45) is 11.8 Å². The van der Waals surface area contributed by atoms with Crippen LogP contribution in [-0.4, -0.2) is 13.1 Å². The van der Waals surface area contributed by atoms with Crippen LogP contribution in [0.25, 0.3) is 0 Å². The molecule has 0 bridgehead atoms. The Morgan fingerprint density at radius 1 is 0.818 bits per heavy atom. The van der Waals surface area contributed by atoms with Crippen molar-refractivity contribution in [3.05, 3.63) is 0 Å². The van der Waals surface area contributed by atoms with Gasteiger partial charge in [-0.05, 0) is 24.7 Å². The molecule has 1 aliphatic rings. The molecule has 0 amide bonds. The number of unbranched alkanes of at least 4 members (excludes halogenated alkanes) is 9. The lowest BCUT2D eigenvalue weighted by Crippen LogP contribution is -1.99. The van der Waals surface area contributed by atoms with Crippen molar-refractivity contribution in [3.63, 3.8) is 0 Å². The fourth-order valence-corrected chi connectivity index (χ4v) is 3.51. The summed E-state index contributed by atoms with van der Waals surface area (Å²) in [4.78, 5) is 11.0. The molecule has 0 heterocycles. The molecule has 2 heteroatoms. The third-order valence-electron chi connectivity index (χ3n) is 5.18. The molecule has 0 aliphatic heterocycles. The van der Waals surface area contributed by atoms with Crippen LogP contribution >= 0.6 is 0 Å². The van der Waals surface area contributed by atoms with Gasteiger partial charge in [0, 0.05) is 6.42 Å². The lowest BCUT2D eigenvalue weighted by Gasteiger charge is -2.03. The van der Waals surface area contributed by atoms with Gasteiger partial charge >= 0.3 is 5.97 Å². The first kappa shape index (κ1) is 19.5. The highest BCUT2D eigenvalue weighted by Gasteiger charge is 2.34. The van der Waals surface area contributed by atoms with Gasteiger partial charge in [-0.15, -0.1) is 0 Å². The molecule has 0 radical (unpaired) electrons. The first-order chi connectivity index (χ1) is 10.8. The number of hydrogen-bond donors (Lipinski definition) is 0. The third kappa shape index (κ3) is 10.2. The van der Waals surface area contributed by atoms with Crippen LogP contribution in [0.4, 0.5) is 0 Å². The van der Waals surface area contributed by atoms with Crippen molar-refractivity contribution >= 4 is 5.97 Å². The minimum atomic E-state index is -0.0597. The predicted octanol–water partition coefficient (Wildman–Crippen LogP) is 6.28. The zero-order chi connectivity index (χ0) is 16.0. The number of carbonyl (C=O) groups excluding carboxylic acids is 1. The smallest absolute Gasteiger partial charge is 0.305 e. The van der Waals surface area contributed by atoms with E-state index < -0.39 is 0 Å². The van der Waals surface area contributed by atoms with Crippen LogP contribution in [0.1, 0.15) is 103 Å². The molecule has 0 unspecified atom stereocenters. The van der Waals surface area contributed by atoms with E-state index in [1.807, 2.05) is 0 Å². The minimum absolute atomic E-state index is 0.0597. The summed E-state index contributed by atoms with van der Waals surface area (Å²) in [5.74, 6) is 2.08. The van der Waals surface area contributed by atoms with Gasteiger partial charge in [-0.25, -0.2) is 0 Å². The average Bonchev–Trinajstić information content (AvgIpc) is 3.28. The van der Waals surface area contributed by atoms with E-state index in [1.54, 1.807) is 0 Å². The van der Waals surface area contributed by atoms with Gasteiger partial charge in [-0.2, -0.15) is 0 Å². The van der Waals surface area contributed by atoms with E-state index in [9.17, 15) is 4.79 Å². The molecule has 2 nitrogen and oxygen atoms in total. The molecule has 1 saturated carbocycles. The Morgan fingerprint density at radius 2 is 1.32 bits per heavy atom. The Labute approximate surface area is 138 Å². The fourth-order valence-electron chi connectivity index (χ4n) is 3.51. The Bertz CT molecular complexity index is 275. The average molecular weight is 311 g/mol. The van der Waals surface area contributed by atoms with E-state index >= 15 is 0 Å². The van der Waals surface area contributed by atoms with Gasteiger partial charge in [0.05, 0.1) is 7.11 Å². The van der Waals surface area contributed by atoms with E-state index in [1.165, 1.54) is 90.6 Å². The molecule has 0 saturated heterocycles. The predicted molar refractivity (Wildman–Crippen MR) is 93.9 cm³/mol. The Balaban J connectivity index is 1.77. The number of esters is 1. The number of carbonyl (C=O) groups is 1. The first-order valence-electron chi connectivity index (χ1n) is 9.84. The molecule has 0 aromatic heterocycles. The van der Waals surface area contributed by atoms with Crippen LogP contribution in [0.5, 0.6) is 0 Å². The highest BCUT2D eigenvalue weighted by molar-refractivity contribution is 5.68. The molecule has 0 N–H and O–H groups in total. The summed E-state index contributed by atoms with van der Waals surface area (Å²) in [5, 5.41) is 0. The minimum Gasteiger partial charge on any atom is -0.469 e. The normalized spacial score (nSPS) is 20.1. The molecule has 0 aromatic rings. The second-order valence-electron chi connectivity index (χ2n) is 7.19. The fraction of sp³-hybridized carbons (Fsp3) is 0.950. The molecular formula is C20H38O2. The number of ether oxygens (including phenoxy) is 1. The summed E-state index contributed by atoms with van der Waals surface area (Å²) >= 11 is 0. The van der Waals surface area contributed by atoms with Crippen molar-refractivity contribution in [3.8, 4) is 0 Å². The van der Waals surface area contributed by atoms with Gasteiger partial charge in [0.25, 0.3) is 0 Å². The molecule has 1 rings (SSSR count). The topological polar surface area (TPSA) is 26.3 Å². The lowest BCUT2D eigenvalue weighted by molar-refractivity contribution is -0.140. The summed E-state index contributed by atoms with van der Waals surface area (Å²) in [5.41, 5.74) is 0. The summed E-state index contributed by atoms with van der Waals surface area (Å²) in [6.07, 6.45) is 19.9. The van der Waals surface area contributed by atoms with Crippen molar-refractivity contribution in [1.82, 2.24) is 0 Å². The number of hydrogen-bond acceptors (Lipinski definition) is 2. The second-order valence-corrected chi connectivity index (χ2v) is 7.19. The van der Waals surface area contributed by atoms with Crippen molar-refractivity contribution in [2.75, 3.05) is 7.11 Å². The molecule has 1 aliphatic carbocycles. The van der Waals surface area contributed by atoms with Crippen LogP contribution in [-0.2, 0) is 9.53 Å². The quantitative estimate of drug-likeness (QED) is 0.263. The molecular weight excluding hydrogens is 272 g/mol. The Kier molecular flexibility index (Phi) is 11.5. The summed E-state index contributed by atoms with van der Waals surface area (Å²) in [6.45, 7) is 2.29. The van der Waals surface area contributed by atoms with Crippen LogP contribution in [0, 0.1) is 11.8 Å². The molecule has 0 spiro atoms. The molecule has 130 valence electrons. The van der Waals surface area contributed by atoms with Crippen LogP contribution in [0.15, 0.2) is 0 Å². The van der Waals surface area contributed by atoms with Crippen LogP contribution < -0.4 is 0 Å². The second kappa shape index (κ2) is 13.0. The van der Waals surface area contributed by atoms with Gasteiger partial charge in [-0.1, -0.05) is 84.0 Å². The SMILES string of the molecule is CCCCCCCC[C@@H]1C[C@@H]1CCCCCCCC(=O)OC. The highest BCUT2D eigenvalue weighted by Crippen LogP contribution is 2.45. The standard InChI is InChI=1S/C20H38O2/c1-3-4-5-6-8-11-14-18-17-19(18)15-12-9-7-10-13-16-20(21)22-2/h18-19H,3-17H2,1-2H3/t18-,19+/m1/s1. The summed E-state index contributed by atoms with van der Waals surface area (Å²) in [6, 6.07) is 0. The lowest BCUT2D eigenvalue weighted by atomic mass is 10.0. The maximum Gasteiger partial charge on any atom is 0.305 e. The first-order valence-corrected chi connectivity index (χ1v) is 9.84. The third-order valence-corrected chi connectivity index (χ3v) is 5.18. The molecule has 0 aromatic carbocycles. The van der Waals surface area contributed by atoms with Gasteiger partial charge in [0.2, 0.25) is 0 Å². The Morgan fingerprint density at radius 3 is 1.86 bits per heavy atom. The van der Waals surface area contributed by atoms with Gasteiger partial charge in [0.15, 0.2) is 0 Å². The van der Waals surface area contributed by atoms with Gasteiger partial charge in [-0.3, -0.25) is 4.79 Å².